The van der Waals surface area contributed by atoms with E-state index in [2.05, 4.69) is 27.2 Å². The summed E-state index contributed by atoms with van der Waals surface area (Å²) in [5.41, 5.74) is 0.377. The smallest absolute Gasteiger partial charge is 0.252 e. The second-order valence-corrected chi connectivity index (χ2v) is 4.08. The molecule has 1 amide bonds. The molecule has 0 fully saturated rings. The van der Waals surface area contributed by atoms with Gasteiger partial charge in [0.05, 0.1) is 10.5 Å². The molecule has 0 aliphatic carbocycles. The highest BCUT2D eigenvalue weighted by atomic mass is 79.9. The van der Waals surface area contributed by atoms with Crippen LogP contribution in [0.1, 0.15) is 23.7 Å². The maximum absolute atomic E-state index is 12.9. The molecule has 0 aromatic heterocycles. The van der Waals surface area contributed by atoms with Crippen LogP contribution in [0, 0.1) is 18.2 Å². The maximum atomic E-state index is 12.9. The molecule has 0 aliphatic rings. The van der Waals surface area contributed by atoms with Crippen LogP contribution < -0.4 is 5.32 Å². The van der Waals surface area contributed by atoms with E-state index in [0.717, 1.165) is 0 Å². The van der Waals surface area contributed by atoms with Crippen molar-refractivity contribution in [3.8, 4) is 12.3 Å². The molecule has 1 aromatic carbocycles. The standard InChI is InChI=1S/C12H11BrFNO/c1-3-9(4-2)15-12(16)8-5-6-11(14)10(13)7-8/h1,5-7,9H,4H2,2H3,(H,15,16). The SMILES string of the molecule is C#CC(CC)NC(=O)c1ccc(F)c(Br)c1. The highest BCUT2D eigenvalue weighted by molar-refractivity contribution is 9.10. The molecule has 0 spiro atoms. The Morgan fingerprint density at radius 1 is 1.69 bits per heavy atom. The van der Waals surface area contributed by atoms with E-state index >= 15 is 0 Å². The van der Waals surface area contributed by atoms with Crippen LogP contribution >= 0.6 is 15.9 Å². The number of hydrogen-bond acceptors (Lipinski definition) is 1. The van der Waals surface area contributed by atoms with Gasteiger partial charge in [-0.15, -0.1) is 6.42 Å². The van der Waals surface area contributed by atoms with Crippen LogP contribution in [0.15, 0.2) is 22.7 Å². The molecule has 0 saturated carbocycles. The number of nitrogens with one attached hydrogen (secondary N) is 1. The minimum absolute atomic E-state index is 0.258. The summed E-state index contributed by atoms with van der Waals surface area (Å²) in [7, 11) is 0. The van der Waals surface area contributed by atoms with Crippen LogP contribution in [-0.2, 0) is 0 Å². The fourth-order valence-corrected chi connectivity index (χ4v) is 1.52. The van der Waals surface area contributed by atoms with Crippen molar-refractivity contribution in [3.05, 3.63) is 34.1 Å². The molecule has 2 nitrogen and oxygen atoms in total. The van der Waals surface area contributed by atoms with Gasteiger partial charge in [-0.2, -0.15) is 0 Å². The lowest BCUT2D eigenvalue weighted by molar-refractivity contribution is 0.0945. The Balaban J connectivity index is 2.81. The van der Waals surface area contributed by atoms with Gasteiger partial charge in [-0.3, -0.25) is 4.79 Å². The predicted octanol–water partition coefficient (Wildman–Crippen LogP) is 2.73. The number of terminal acetylenes is 1. The Hall–Kier alpha value is -1.34. The number of hydrogen-bond donors (Lipinski definition) is 1. The van der Waals surface area contributed by atoms with Gasteiger partial charge in [0.15, 0.2) is 0 Å². The third-order valence-corrected chi connectivity index (χ3v) is 2.70. The van der Waals surface area contributed by atoms with Crippen molar-refractivity contribution in [3.63, 3.8) is 0 Å². The molecule has 1 atom stereocenters. The van der Waals surface area contributed by atoms with Crippen molar-refractivity contribution >= 4 is 21.8 Å². The van der Waals surface area contributed by atoms with Gasteiger partial charge in [0.2, 0.25) is 0 Å². The highest BCUT2D eigenvalue weighted by Crippen LogP contribution is 2.16. The normalized spacial score (nSPS) is 11.6. The first-order valence-electron chi connectivity index (χ1n) is 4.80. The molecule has 1 unspecified atom stereocenters. The van der Waals surface area contributed by atoms with Gasteiger partial charge >= 0.3 is 0 Å². The first-order chi connectivity index (χ1) is 7.58. The highest BCUT2D eigenvalue weighted by Gasteiger charge is 2.11. The maximum Gasteiger partial charge on any atom is 0.252 e. The Labute approximate surface area is 102 Å². The summed E-state index contributed by atoms with van der Waals surface area (Å²) in [6.45, 7) is 1.88. The molecular formula is C12H11BrFNO. The Kier molecular flexibility index (Phi) is 4.51. The summed E-state index contributed by atoms with van der Waals surface area (Å²) in [6, 6.07) is 3.78. The fraction of sp³-hybridized carbons (Fsp3) is 0.250. The zero-order valence-corrected chi connectivity index (χ0v) is 10.3. The molecular weight excluding hydrogens is 273 g/mol. The molecule has 0 radical (unpaired) electrons. The summed E-state index contributed by atoms with van der Waals surface area (Å²) in [5.74, 6) is 1.76. The second-order valence-electron chi connectivity index (χ2n) is 3.23. The number of rotatable bonds is 3. The van der Waals surface area contributed by atoms with Crippen LogP contribution in [0.2, 0.25) is 0 Å². The summed E-state index contributed by atoms with van der Waals surface area (Å²) >= 11 is 3.02. The van der Waals surface area contributed by atoms with Gasteiger partial charge in [-0.05, 0) is 40.5 Å². The summed E-state index contributed by atoms with van der Waals surface area (Å²) in [4.78, 5) is 11.7. The van der Waals surface area contributed by atoms with Crippen molar-refractivity contribution in [2.24, 2.45) is 0 Å². The molecule has 84 valence electrons. The fourth-order valence-electron chi connectivity index (χ4n) is 1.14. The molecule has 1 N–H and O–H groups in total. The zero-order valence-electron chi connectivity index (χ0n) is 8.76. The number of benzene rings is 1. The minimum Gasteiger partial charge on any atom is -0.338 e. The van der Waals surface area contributed by atoms with Gasteiger partial charge in [0, 0.05) is 5.56 Å². The average molecular weight is 284 g/mol. The third kappa shape index (κ3) is 3.07. The van der Waals surface area contributed by atoms with E-state index in [4.69, 9.17) is 6.42 Å². The summed E-state index contributed by atoms with van der Waals surface area (Å²) in [5, 5.41) is 2.66. The van der Waals surface area contributed by atoms with Crippen molar-refractivity contribution in [1.29, 1.82) is 0 Å². The van der Waals surface area contributed by atoms with E-state index in [1.54, 1.807) is 0 Å². The van der Waals surface area contributed by atoms with Crippen LogP contribution in [0.5, 0.6) is 0 Å². The summed E-state index contributed by atoms with van der Waals surface area (Å²) in [6.07, 6.45) is 5.89. The van der Waals surface area contributed by atoms with Crippen LogP contribution in [0.25, 0.3) is 0 Å². The molecule has 0 bridgehead atoms. The first-order valence-corrected chi connectivity index (χ1v) is 5.59. The molecule has 0 heterocycles. The van der Waals surface area contributed by atoms with E-state index < -0.39 is 5.82 Å². The Bertz CT molecular complexity index is 439. The minimum atomic E-state index is -0.402. The van der Waals surface area contributed by atoms with E-state index in [9.17, 15) is 9.18 Å². The molecule has 0 aliphatic heterocycles. The van der Waals surface area contributed by atoms with Gasteiger partial charge in [0.1, 0.15) is 5.82 Å². The van der Waals surface area contributed by atoms with Crippen LogP contribution in [0.3, 0.4) is 0 Å². The molecule has 1 rings (SSSR count). The lowest BCUT2D eigenvalue weighted by Crippen LogP contribution is -2.33. The monoisotopic (exact) mass is 283 g/mol. The Morgan fingerprint density at radius 3 is 2.88 bits per heavy atom. The van der Waals surface area contributed by atoms with E-state index in [1.807, 2.05) is 6.92 Å². The Morgan fingerprint density at radius 2 is 2.38 bits per heavy atom. The number of amides is 1. The van der Waals surface area contributed by atoms with Crippen molar-refractivity contribution in [2.75, 3.05) is 0 Å². The number of halogens is 2. The van der Waals surface area contributed by atoms with Gasteiger partial charge in [-0.1, -0.05) is 12.8 Å². The van der Waals surface area contributed by atoms with E-state index in [-0.39, 0.29) is 16.4 Å². The third-order valence-electron chi connectivity index (χ3n) is 2.10. The summed E-state index contributed by atoms with van der Waals surface area (Å²) < 4.78 is 13.2. The van der Waals surface area contributed by atoms with Crippen molar-refractivity contribution in [1.82, 2.24) is 5.32 Å². The van der Waals surface area contributed by atoms with E-state index in [1.165, 1.54) is 18.2 Å². The van der Waals surface area contributed by atoms with Gasteiger partial charge in [-0.25, -0.2) is 4.39 Å². The lowest BCUT2D eigenvalue weighted by Gasteiger charge is -2.10. The predicted molar refractivity (Wildman–Crippen MR) is 64.5 cm³/mol. The first kappa shape index (κ1) is 12.7. The van der Waals surface area contributed by atoms with Crippen LogP contribution in [-0.4, -0.2) is 11.9 Å². The number of carbonyl (C=O) groups excluding carboxylic acids is 1. The molecule has 16 heavy (non-hydrogen) atoms. The largest absolute Gasteiger partial charge is 0.338 e. The van der Waals surface area contributed by atoms with Crippen molar-refractivity contribution in [2.45, 2.75) is 19.4 Å². The molecule has 4 heteroatoms. The van der Waals surface area contributed by atoms with Gasteiger partial charge in [0.25, 0.3) is 5.91 Å². The van der Waals surface area contributed by atoms with Gasteiger partial charge < -0.3 is 5.32 Å². The topological polar surface area (TPSA) is 29.1 Å². The molecule has 1 aromatic rings. The van der Waals surface area contributed by atoms with E-state index in [0.29, 0.717) is 12.0 Å². The quantitative estimate of drug-likeness (QED) is 0.850. The zero-order chi connectivity index (χ0) is 12.1. The van der Waals surface area contributed by atoms with Crippen LogP contribution in [0.4, 0.5) is 4.39 Å². The lowest BCUT2D eigenvalue weighted by atomic mass is 10.1. The second kappa shape index (κ2) is 5.66. The van der Waals surface area contributed by atoms with Crippen molar-refractivity contribution < 1.29 is 9.18 Å². The number of carbonyl (C=O) groups is 1. The average Bonchev–Trinajstić information content (AvgIpc) is 2.29. The molecule has 0 saturated heterocycles.